The summed E-state index contributed by atoms with van der Waals surface area (Å²) in [6.07, 6.45) is 16.0. The van der Waals surface area contributed by atoms with Crippen LogP contribution in [0.2, 0.25) is 51.4 Å². The van der Waals surface area contributed by atoms with Crippen molar-refractivity contribution in [3.05, 3.63) is 108 Å². The van der Waals surface area contributed by atoms with Crippen molar-refractivity contribution >= 4 is 51.2 Å². The van der Waals surface area contributed by atoms with E-state index >= 15 is 0 Å². The number of amides is 4. The highest BCUT2D eigenvalue weighted by Gasteiger charge is 2.50. The van der Waals surface area contributed by atoms with Crippen LogP contribution in [0.25, 0.3) is 22.5 Å². The Hall–Kier alpha value is -6.49. The lowest BCUT2D eigenvalue weighted by molar-refractivity contribution is -0.120. The first-order chi connectivity index (χ1) is 41.8. The molecule has 2 aromatic carbocycles. The average Bonchev–Trinajstić information content (AvgIpc) is 1.86. The average molecular weight is 1240 g/mol. The summed E-state index contributed by atoms with van der Waals surface area (Å²) in [6.45, 7) is 33.2. The van der Waals surface area contributed by atoms with Gasteiger partial charge in [0.15, 0.2) is 0 Å². The van der Waals surface area contributed by atoms with E-state index in [1.54, 1.807) is 33.9 Å². The molecule has 6 aromatic rings. The van der Waals surface area contributed by atoms with Gasteiger partial charge in [-0.25, -0.2) is 9.97 Å². The summed E-state index contributed by atoms with van der Waals surface area (Å²) >= 11 is 0. The predicted molar refractivity (Wildman–Crippen MR) is 355 cm³/mol. The smallest absolute Gasteiger partial charge is 0.270 e. The van der Waals surface area contributed by atoms with E-state index in [-0.39, 0.29) is 59.4 Å². The van der Waals surface area contributed by atoms with E-state index in [0.717, 1.165) is 111 Å². The third-order valence-electron chi connectivity index (χ3n) is 17.5. The largest absolute Gasteiger partial charge is 0.361 e. The fourth-order valence-electron chi connectivity index (χ4n) is 12.2. The zero-order chi connectivity index (χ0) is 63.2. The third kappa shape index (κ3) is 17.5. The summed E-state index contributed by atoms with van der Waals surface area (Å²) in [5.41, 5.74) is 8.53. The van der Waals surface area contributed by atoms with E-state index in [9.17, 15) is 19.2 Å². The highest BCUT2D eigenvalue weighted by Crippen LogP contribution is 2.52. The van der Waals surface area contributed by atoms with E-state index in [1.165, 1.54) is 0 Å². The second kappa shape index (κ2) is 28.6. The number of hydrogen-bond donors (Lipinski definition) is 4. The zero-order valence-corrected chi connectivity index (χ0v) is 56.9. The highest BCUT2D eigenvalue weighted by molar-refractivity contribution is 6.76. The Morgan fingerprint density at radius 3 is 1.30 bits per heavy atom. The lowest BCUT2D eigenvalue weighted by atomic mass is 9.88. The maximum absolute atomic E-state index is 13.9. The van der Waals surface area contributed by atoms with Crippen molar-refractivity contribution in [2.24, 2.45) is 35.5 Å². The number of rotatable bonds is 30. The van der Waals surface area contributed by atoms with Crippen LogP contribution in [0.4, 0.5) is 11.4 Å². The molecule has 0 saturated heterocycles. The Bertz CT molecular complexity index is 3270. The molecule has 0 bridgehead atoms. The van der Waals surface area contributed by atoms with Gasteiger partial charge in [-0.05, 0) is 175 Å². The number of carbonyl (C=O) groups excluding carboxylic acids is 4. The van der Waals surface area contributed by atoms with Crippen molar-refractivity contribution in [2.75, 3.05) is 23.8 Å². The van der Waals surface area contributed by atoms with Crippen LogP contribution >= 0.6 is 0 Å². The molecule has 0 aliphatic heterocycles. The van der Waals surface area contributed by atoms with Crippen LogP contribution in [0.3, 0.4) is 0 Å². The molecule has 4 aliphatic carbocycles. The van der Waals surface area contributed by atoms with Crippen molar-refractivity contribution in [1.82, 2.24) is 49.3 Å². The topological polar surface area (TPSA) is 206 Å². The maximum Gasteiger partial charge on any atom is 0.270 e. The molecular formula is C68H100N12O6Si2. The summed E-state index contributed by atoms with van der Waals surface area (Å²) in [5.74, 6) is 1.95. The lowest BCUT2D eigenvalue weighted by Crippen LogP contribution is -2.50. The minimum absolute atomic E-state index is 0.0448. The van der Waals surface area contributed by atoms with Gasteiger partial charge in [0, 0.05) is 76.3 Å². The maximum atomic E-state index is 13.9. The molecule has 18 nitrogen and oxygen atoms in total. The molecule has 20 heteroatoms. The van der Waals surface area contributed by atoms with E-state index in [4.69, 9.17) is 19.4 Å². The summed E-state index contributed by atoms with van der Waals surface area (Å²) in [5, 5.41) is 21.2. The van der Waals surface area contributed by atoms with Gasteiger partial charge in [0.05, 0.1) is 35.4 Å². The second-order valence-electron chi connectivity index (χ2n) is 29.0. The Kier molecular flexibility index (Phi) is 21.4. The second-order valence-corrected chi connectivity index (χ2v) is 40.2. The van der Waals surface area contributed by atoms with Crippen LogP contribution in [0.1, 0.15) is 163 Å². The molecule has 4 aromatic heterocycles. The van der Waals surface area contributed by atoms with Crippen LogP contribution in [0, 0.1) is 35.5 Å². The van der Waals surface area contributed by atoms with E-state index in [0.29, 0.717) is 59.9 Å². The van der Waals surface area contributed by atoms with Gasteiger partial charge < -0.3 is 39.9 Å². The van der Waals surface area contributed by atoms with Gasteiger partial charge in [-0.2, -0.15) is 10.2 Å². The molecule has 0 spiro atoms. The zero-order valence-electron chi connectivity index (χ0n) is 54.9. The highest BCUT2D eigenvalue weighted by atomic mass is 28.3. The van der Waals surface area contributed by atoms with Crippen molar-refractivity contribution in [3.63, 3.8) is 0 Å². The van der Waals surface area contributed by atoms with Gasteiger partial charge in [0.1, 0.15) is 36.9 Å². The molecular weight excluding hydrogens is 1140 g/mol. The molecule has 4 N–H and O–H groups in total. The molecule has 4 fully saturated rings. The number of aromatic nitrogens is 8. The summed E-state index contributed by atoms with van der Waals surface area (Å²) < 4.78 is 19.7. The molecule has 4 amide bonds. The van der Waals surface area contributed by atoms with Crippen molar-refractivity contribution in [3.8, 4) is 22.5 Å². The van der Waals surface area contributed by atoms with Gasteiger partial charge in [0.25, 0.3) is 11.8 Å². The quantitative estimate of drug-likeness (QED) is 0.0248. The molecule has 476 valence electrons. The summed E-state index contributed by atoms with van der Waals surface area (Å²) in [6, 6.07) is 20.4. The number of benzene rings is 2. The number of ether oxygens (including phenoxy) is 2. The molecule has 4 aliphatic rings. The number of carbonyl (C=O) groups is 4. The SMILES string of the molecule is CC(C)c1c(-c2ccc(NC(=O)[C@@H](NC(=O)c3ccnn3C(C)C)C(C3CC3)C3CC3)cc2)ncn1COCC[Si](C)(C)C.CC(C)c1ncn(COCC[Si](C)(C)C)c1-c1ccc(NC(=O)[C@@H](NC(=O)c2ccnn2C(C)C)C(C2CC2)C2CC2)cc1. The molecule has 4 heterocycles. The minimum atomic E-state index is -1.17. The third-order valence-corrected chi connectivity index (χ3v) is 20.9. The van der Waals surface area contributed by atoms with E-state index in [1.807, 2.05) is 88.9 Å². The Morgan fingerprint density at radius 1 is 0.523 bits per heavy atom. The van der Waals surface area contributed by atoms with Crippen LogP contribution in [0.15, 0.2) is 85.7 Å². The number of hydrogen-bond acceptors (Lipinski definition) is 10. The molecule has 2 atom stereocenters. The van der Waals surface area contributed by atoms with Gasteiger partial charge in [-0.15, -0.1) is 0 Å². The Balaban J connectivity index is 0.000000209. The van der Waals surface area contributed by atoms with Gasteiger partial charge >= 0.3 is 0 Å². The fourth-order valence-corrected chi connectivity index (χ4v) is 13.7. The first kappa shape index (κ1) is 65.9. The minimum Gasteiger partial charge on any atom is -0.361 e. The van der Waals surface area contributed by atoms with Crippen LogP contribution in [-0.2, 0) is 32.5 Å². The predicted octanol–water partition coefficient (Wildman–Crippen LogP) is 13.9. The first-order valence-electron chi connectivity index (χ1n) is 32.6. The number of anilines is 2. The van der Waals surface area contributed by atoms with Gasteiger partial charge in [-0.1, -0.05) is 91.2 Å². The van der Waals surface area contributed by atoms with Crippen LogP contribution in [0.5, 0.6) is 0 Å². The fraction of sp³-hybridized carbons (Fsp3) is 0.588. The molecule has 0 radical (unpaired) electrons. The molecule has 0 unspecified atom stereocenters. The van der Waals surface area contributed by atoms with Gasteiger partial charge in [0.2, 0.25) is 11.8 Å². The number of nitrogens with zero attached hydrogens (tertiary/aromatic N) is 8. The Labute approximate surface area is 524 Å². The normalized spacial score (nSPS) is 16.1. The van der Waals surface area contributed by atoms with Crippen molar-refractivity contribution in [2.45, 2.75) is 208 Å². The Morgan fingerprint density at radius 2 is 0.920 bits per heavy atom. The van der Waals surface area contributed by atoms with Crippen LogP contribution in [-0.4, -0.2) is 104 Å². The molecule has 88 heavy (non-hydrogen) atoms. The molecule has 4 saturated carbocycles. The van der Waals surface area contributed by atoms with Crippen molar-refractivity contribution < 1.29 is 28.7 Å². The molecule has 10 rings (SSSR count). The van der Waals surface area contributed by atoms with E-state index < -0.39 is 28.2 Å². The monoisotopic (exact) mass is 1240 g/mol. The van der Waals surface area contributed by atoms with Crippen LogP contribution < -0.4 is 21.3 Å². The number of nitrogens with one attached hydrogen (secondary N) is 4. The lowest BCUT2D eigenvalue weighted by Gasteiger charge is -2.28. The summed E-state index contributed by atoms with van der Waals surface area (Å²) in [4.78, 5) is 64.1. The summed E-state index contributed by atoms with van der Waals surface area (Å²) in [7, 11) is -2.31. The standard InChI is InChI=1S/2C34H50N6O3Si/c1-22(2)32-30(35-20-39(32)21-43-18-19-44(5,6)7)26-12-14-27(15-13-26)37-34(42)31(29(24-8-9-24)25-10-11-25)38-33(41)28-16-17-36-40(28)23(3)4;1-22(2)30-32(39(20-35-30)21-43-18-19-44(5,6)7)26-12-14-27(15-13-26)37-34(42)31(29(24-8-9-24)25-10-11-25)38-33(41)28-16-17-36-40(28)23(3)4/h2*12-17,20,22-25,29,31H,8-11,18-19,21H2,1-7H3,(H,37,42)(H,38,41)/t2*31-/m00/s1. The van der Waals surface area contributed by atoms with E-state index in [2.05, 4.69) is 108 Å². The van der Waals surface area contributed by atoms with Gasteiger partial charge in [-0.3, -0.25) is 28.5 Å². The van der Waals surface area contributed by atoms with Crippen molar-refractivity contribution in [1.29, 1.82) is 0 Å². The number of imidazole rings is 2. The first-order valence-corrected chi connectivity index (χ1v) is 40.0.